The summed E-state index contributed by atoms with van der Waals surface area (Å²) in [6.07, 6.45) is -0.242. The van der Waals surface area contributed by atoms with Gasteiger partial charge >= 0.3 is 12.0 Å². The topological polar surface area (TPSA) is 106 Å². The molecule has 1 heterocycles. The quantitative estimate of drug-likeness (QED) is 0.102. The van der Waals surface area contributed by atoms with Gasteiger partial charge < -0.3 is 23.7 Å². The van der Waals surface area contributed by atoms with Gasteiger partial charge in [-0.25, -0.2) is 13.6 Å². The molecule has 0 aromatic carbocycles. The molecule has 1 unspecified atom stereocenters. The van der Waals surface area contributed by atoms with Gasteiger partial charge in [0, 0.05) is 30.7 Å². The Morgan fingerprint density at radius 1 is 1.00 bits per heavy atom. The number of halogens is 2. The number of alkyl halides is 2. The maximum Gasteiger partial charge on any atom is 0.381 e. The van der Waals surface area contributed by atoms with Crippen LogP contribution in [0.3, 0.4) is 0 Å². The number of nitro groups is 1. The van der Waals surface area contributed by atoms with Crippen molar-refractivity contribution in [2.45, 2.75) is 116 Å². The molecule has 0 aliphatic carbocycles. The van der Waals surface area contributed by atoms with Crippen LogP contribution in [0.2, 0.25) is 0 Å². The molecule has 0 amide bonds. The lowest BCUT2D eigenvalue weighted by Crippen LogP contribution is -2.62. The summed E-state index contributed by atoms with van der Waals surface area (Å²) in [5.74, 6) is -5.85. The van der Waals surface area contributed by atoms with Crippen molar-refractivity contribution in [2.24, 2.45) is 5.92 Å². The minimum Gasteiger partial charge on any atom is -0.461 e. The van der Waals surface area contributed by atoms with E-state index in [9.17, 15) is 14.9 Å². The number of esters is 1. The number of carbonyl (C=O) groups is 1. The first-order chi connectivity index (χ1) is 17.1. The van der Waals surface area contributed by atoms with Gasteiger partial charge in [0.2, 0.25) is 0 Å². The molecule has 1 aliphatic rings. The smallest absolute Gasteiger partial charge is 0.381 e. The first-order valence-corrected chi connectivity index (χ1v) is 13.3. The molecule has 9 nitrogen and oxygen atoms in total. The van der Waals surface area contributed by atoms with Crippen molar-refractivity contribution >= 4 is 5.97 Å². The molecule has 0 aromatic heterocycles. The average molecular weight is 526 g/mol. The van der Waals surface area contributed by atoms with Gasteiger partial charge in [0.15, 0.2) is 0 Å². The summed E-state index contributed by atoms with van der Waals surface area (Å²) in [7, 11) is 0. The van der Waals surface area contributed by atoms with E-state index >= 15 is 8.78 Å². The summed E-state index contributed by atoms with van der Waals surface area (Å²) < 4.78 is 59.7. The fraction of sp³-hybridized carbons (Fsp3) is 0.960. The van der Waals surface area contributed by atoms with Crippen molar-refractivity contribution in [3.8, 4) is 0 Å². The van der Waals surface area contributed by atoms with E-state index in [4.69, 9.17) is 18.9 Å². The van der Waals surface area contributed by atoms with Crippen LogP contribution in [0.25, 0.3) is 0 Å². The lowest BCUT2D eigenvalue weighted by Gasteiger charge is -2.47. The third kappa shape index (κ3) is 10.1. The number of hydrogen-bond donors (Lipinski definition) is 0. The van der Waals surface area contributed by atoms with E-state index in [-0.39, 0.29) is 13.2 Å². The summed E-state index contributed by atoms with van der Waals surface area (Å²) in [5, 5.41) is 11.4. The third-order valence-corrected chi connectivity index (χ3v) is 6.24. The predicted molar refractivity (Wildman–Crippen MR) is 130 cm³/mol. The largest absolute Gasteiger partial charge is 0.461 e. The van der Waals surface area contributed by atoms with Crippen LogP contribution in [-0.2, 0) is 28.5 Å². The van der Waals surface area contributed by atoms with Crippen LogP contribution < -0.4 is 0 Å². The van der Waals surface area contributed by atoms with Crippen molar-refractivity contribution in [2.75, 3.05) is 33.0 Å². The van der Waals surface area contributed by atoms with Crippen LogP contribution in [0.15, 0.2) is 0 Å². The average Bonchev–Trinajstić information content (AvgIpc) is 2.82. The van der Waals surface area contributed by atoms with Crippen LogP contribution in [0.1, 0.15) is 79.6 Å². The molecule has 212 valence electrons. The Morgan fingerprint density at radius 3 is 2.08 bits per heavy atom. The molecule has 1 aliphatic heterocycles. The van der Waals surface area contributed by atoms with Gasteiger partial charge in [-0.05, 0) is 26.2 Å². The number of nitrogens with zero attached hydrogens (tertiary/aromatic N) is 1. The summed E-state index contributed by atoms with van der Waals surface area (Å²) in [6, 6.07) is -2.20. The predicted octanol–water partition coefficient (Wildman–Crippen LogP) is 4.81. The molecule has 0 aromatic rings. The van der Waals surface area contributed by atoms with Crippen LogP contribution in [0.5, 0.6) is 0 Å². The second kappa shape index (κ2) is 17.1. The van der Waals surface area contributed by atoms with Gasteiger partial charge in [0.25, 0.3) is 5.92 Å². The SMILES string of the molecule is CCCCOC[C@H]1O[C@H](C(F)(F)CC(C(=O)OCC)[N+](=O)[O-])[C@@H](C)[C@@H](OCCCC)[C@H]1OCCCC. The standard InChI is InChI=1S/C25H45F2NO8/c1-6-10-13-32-17-20-22(35-15-12-8-3)21(34-14-11-7-2)18(5)23(36-20)25(26,27)16-19(28(30)31)24(29)33-9-4/h18-23H,6-17H2,1-5H3/t18-,19?,20+,21+,22-,23-/m0/s1. The number of unbranched alkanes of at least 4 members (excludes halogenated alkanes) is 3. The van der Waals surface area contributed by atoms with Crippen LogP contribution in [-0.4, -0.2) is 80.3 Å². The number of hydrogen-bond acceptors (Lipinski definition) is 8. The Balaban J connectivity index is 3.23. The van der Waals surface area contributed by atoms with E-state index < -0.39 is 59.6 Å². The Kier molecular flexibility index (Phi) is 15.5. The Bertz CT molecular complexity index is 639. The highest BCUT2D eigenvalue weighted by Crippen LogP contribution is 2.41. The molecule has 6 atom stereocenters. The van der Waals surface area contributed by atoms with Gasteiger partial charge in [-0.2, -0.15) is 0 Å². The monoisotopic (exact) mass is 525 g/mol. The van der Waals surface area contributed by atoms with E-state index in [1.165, 1.54) is 6.92 Å². The van der Waals surface area contributed by atoms with Crippen molar-refractivity contribution in [3.05, 3.63) is 10.1 Å². The van der Waals surface area contributed by atoms with Gasteiger partial charge in [-0.3, -0.25) is 10.1 Å². The number of ether oxygens (including phenoxy) is 5. The van der Waals surface area contributed by atoms with Gasteiger partial charge in [-0.15, -0.1) is 0 Å². The molecule has 1 rings (SSSR count). The second-order valence-electron chi connectivity index (χ2n) is 9.28. The molecule has 0 spiro atoms. The van der Waals surface area contributed by atoms with E-state index in [1.807, 2.05) is 20.8 Å². The van der Waals surface area contributed by atoms with E-state index in [0.717, 1.165) is 38.5 Å². The lowest BCUT2D eigenvalue weighted by molar-refractivity contribution is -0.517. The zero-order chi connectivity index (χ0) is 27.1. The van der Waals surface area contributed by atoms with E-state index in [0.29, 0.717) is 19.8 Å². The minimum absolute atomic E-state index is 0.0280. The Hall–Kier alpha value is -1.43. The van der Waals surface area contributed by atoms with Gasteiger partial charge in [0.1, 0.15) is 18.3 Å². The molecule has 0 radical (unpaired) electrons. The number of rotatable bonds is 19. The highest BCUT2D eigenvalue weighted by molar-refractivity contribution is 5.74. The van der Waals surface area contributed by atoms with Gasteiger partial charge in [-0.1, -0.05) is 47.0 Å². The van der Waals surface area contributed by atoms with Crippen molar-refractivity contribution in [3.63, 3.8) is 0 Å². The van der Waals surface area contributed by atoms with Crippen LogP contribution in [0, 0.1) is 16.0 Å². The molecule has 0 saturated carbocycles. The third-order valence-electron chi connectivity index (χ3n) is 6.24. The zero-order valence-electron chi connectivity index (χ0n) is 22.4. The Morgan fingerprint density at radius 2 is 1.56 bits per heavy atom. The highest BCUT2D eigenvalue weighted by Gasteiger charge is 2.57. The maximum atomic E-state index is 15.6. The fourth-order valence-electron chi connectivity index (χ4n) is 4.17. The fourth-order valence-corrected chi connectivity index (χ4v) is 4.17. The van der Waals surface area contributed by atoms with Gasteiger partial charge in [0.05, 0.1) is 25.7 Å². The first kappa shape index (κ1) is 32.6. The number of carbonyl (C=O) groups excluding carboxylic acids is 1. The van der Waals surface area contributed by atoms with Crippen molar-refractivity contribution in [1.82, 2.24) is 0 Å². The molecule has 0 N–H and O–H groups in total. The van der Waals surface area contributed by atoms with Crippen molar-refractivity contribution < 1.29 is 42.2 Å². The first-order valence-electron chi connectivity index (χ1n) is 13.3. The molecule has 0 bridgehead atoms. The lowest BCUT2D eigenvalue weighted by atomic mass is 9.83. The summed E-state index contributed by atoms with van der Waals surface area (Å²) in [6.45, 7) is 10.2. The molecule has 11 heteroatoms. The zero-order valence-corrected chi connectivity index (χ0v) is 22.4. The summed E-state index contributed by atoms with van der Waals surface area (Å²) in [4.78, 5) is 22.4. The second-order valence-corrected chi connectivity index (χ2v) is 9.28. The summed E-state index contributed by atoms with van der Waals surface area (Å²) >= 11 is 0. The van der Waals surface area contributed by atoms with Crippen LogP contribution >= 0.6 is 0 Å². The normalized spacial score (nSPS) is 25.5. The molecular weight excluding hydrogens is 480 g/mol. The molecule has 1 saturated heterocycles. The molecule has 1 fully saturated rings. The Labute approximate surface area is 213 Å². The highest BCUT2D eigenvalue weighted by atomic mass is 19.3. The van der Waals surface area contributed by atoms with E-state index in [1.54, 1.807) is 6.92 Å². The summed E-state index contributed by atoms with van der Waals surface area (Å²) in [5.41, 5.74) is 0. The van der Waals surface area contributed by atoms with E-state index in [2.05, 4.69) is 4.74 Å². The minimum atomic E-state index is -3.70. The van der Waals surface area contributed by atoms with Crippen LogP contribution in [0.4, 0.5) is 8.78 Å². The molecule has 36 heavy (non-hydrogen) atoms. The van der Waals surface area contributed by atoms with Crippen molar-refractivity contribution in [1.29, 1.82) is 0 Å². The maximum absolute atomic E-state index is 15.6. The molecular formula is C25H45F2NO8.